The van der Waals surface area contributed by atoms with E-state index >= 15 is 0 Å². The Labute approximate surface area is 128 Å². The molecule has 0 bridgehead atoms. The van der Waals surface area contributed by atoms with Crippen LogP contribution in [-0.2, 0) is 14.6 Å². The molecule has 120 valence electrons. The molecule has 9 heteroatoms. The number of hydrogen-bond acceptors (Lipinski definition) is 5. The molecule has 2 saturated heterocycles. The third kappa shape index (κ3) is 2.49. The van der Waals surface area contributed by atoms with Crippen molar-refractivity contribution in [3.63, 3.8) is 0 Å². The molecule has 2 aliphatic rings. The Hall–Kier alpha value is -1.90. The van der Waals surface area contributed by atoms with E-state index in [0.29, 0.717) is 25.2 Å². The van der Waals surface area contributed by atoms with Gasteiger partial charge in [0.15, 0.2) is 9.84 Å². The molecule has 0 aliphatic carbocycles. The number of hydrogen-bond donors (Lipinski definition) is 1. The summed E-state index contributed by atoms with van der Waals surface area (Å²) in [6.45, 7) is 2.45. The van der Waals surface area contributed by atoms with Crippen molar-refractivity contribution in [1.82, 2.24) is 20.0 Å². The Morgan fingerprint density at radius 1 is 1.27 bits per heavy atom. The predicted molar refractivity (Wildman–Crippen MR) is 77.9 cm³/mol. The summed E-state index contributed by atoms with van der Waals surface area (Å²) in [4.78, 5) is 27.7. The van der Waals surface area contributed by atoms with E-state index in [-0.39, 0.29) is 23.3 Å². The molecule has 2 fully saturated rings. The molecular weight excluding hydrogens is 308 g/mol. The van der Waals surface area contributed by atoms with Gasteiger partial charge in [-0.05, 0) is 6.07 Å². The number of rotatable bonds is 2. The summed E-state index contributed by atoms with van der Waals surface area (Å²) >= 11 is 0. The van der Waals surface area contributed by atoms with Gasteiger partial charge in [-0.25, -0.2) is 8.42 Å². The van der Waals surface area contributed by atoms with Crippen LogP contribution >= 0.6 is 0 Å². The number of amides is 2. The first-order valence-corrected chi connectivity index (χ1v) is 9.05. The van der Waals surface area contributed by atoms with E-state index in [9.17, 15) is 18.0 Å². The standard InChI is InChI=1S/C13H18N4O4S/c1-2-12(18)16-5-6-17(13(19)9-3-4-14-15-9)11-8-22(20,21)7-10(11)16/h3-4,10-11H,2,5-8H2,1H3,(H,14,15)/t10-,11+/m0/s1. The summed E-state index contributed by atoms with van der Waals surface area (Å²) in [5.74, 6) is -0.504. The Balaban J connectivity index is 1.90. The molecule has 1 aromatic rings. The topological polar surface area (TPSA) is 103 Å². The van der Waals surface area contributed by atoms with Crippen molar-refractivity contribution in [1.29, 1.82) is 0 Å². The lowest BCUT2D eigenvalue weighted by atomic mass is 10.0. The second-order valence-electron chi connectivity index (χ2n) is 5.62. The molecule has 0 unspecified atom stereocenters. The number of H-pyrrole nitrogens is 1. The van der Waals surface area contributed by atoms with Crippen LogP contribution < -0.4 is 0 Å². The lowest BCUT2D eigenvalue weighted by Crippen LogP contribution is -2.61. The largest absolute Gasteiger partial charge is 0.335 e. The SMILES string of the molecule is CCC(=O)N1CCN(C(=O)c2ccn[nH]2)[C@@H]2CS(=O)(=O)C[C@@H]21. The van der Waals surface area contributed by atoms with Crippen LogP contribution in [0.25, 0.3) is 0 Å². The third-order valence-corrected chi connectivity index (χ3v) is 5.99. The molecule has 0 saturated carbocycles. The van der Waals surface area contributed by atoms with Gasteiger partial charge in [0.25, 0.3) is 5.91 Å². The molecule has 2 aliphatic heterocycles. The van der Waals surface area contributed by atoms with Gasteiger partial charge in [-0.3, -0.25) is 14.7 Å². The first-order valence-electron chi connectivity index (χ1n) is 7.23. The van der Waals surface area contributed by atoms with E-state index in [1.165, 1.54) is 6.20 Å². The van der Waals surface area contributed by atoms with Crippen LogP contribution in [0.4, 0.5) is 0 Å². The number of aromatic amines is 1. The quantitative estimate of drug-likeness (QED) is 0.772. The van der Waals surface area contributed by atoms with Crippen molar-refractivity contribution in [2.45, 2.75) is 25.4 Å². The van der Waals surface area contributed by atoms with Gasteiger partial charge in [-0.15, -0.1) is 0 Å². The summed E-state index contributed by atoms with van der Waals surface area (Å²) in [6.07, 6.45) is 1.81. The highest BCUT2D eigenvalue weighted by Gasteiger charge is 2.49. The zero-order valence-electron chi connectivity index (χ0n) is 12.2. The molecule has 1 aromatic heterocycles. The molecule has 0 aromatic carbocycles. The van der Waals surface area contributed by atoms with Crippen molar-refractivity contribution in [3.8, 4) is 0 Å². The minimum Gasteiger partial charge on any atom is -0.335 e. The highest BCUT2D eigenvalue weighted by molar-refractivity contribution is 7.91. The van der Waals surface area contributed by atoms with Gasteiger partial charge in [0.1, 0.15) is 5.69 Å². The van der Waals surface area contributed by atoms with Gasteiger partial charge < -0.3 is 9.80 Å². The zero-order chi connectivity index (χ0) is 15.9. The van der Waals surface area contributed by atoms with Crippen molar-refractivity contribution in [2.24, 2.45) is 0 Å². The first-order chi connectivity index (χ1) is 10.4. The summed E-state index contributed by atoms with van der Waals surface area (Å²) in [6, 6.07) is 0.632. The minimum atomic E-state index is -3.25. The maximum absolute atomic E-state index is 12.5. The van der Waals surface area contributed by atoms with Crippen LogP contribution in [0.3, 0.4) is 0 Å². The molecule has 8 nitrogen and oxygen atoms in total. The fourth-order valence-electron chi connectivity index (χ4n) is 3.25. The second-order valence-corrected chi connectivity index (χ2v) is 7.77. The van der Waals surface area contributed by atoms with E-state index < -0.39 is 21.9 Å². The van der Waals surface area contributed by atoms with Crippen LogP contribution in [0.2, 0.25) is 0 Å². The van der Waals surface area contributed by atoms with Crippen molar-refractivity contribution in [2.75, 3.05) is 24.6 Å². The van der Waals surface area contributed by atoms with E-state index in [1.807, 2.05) is 0 Å². The van der Waals surface area contributed by atoms with Crippen LogP contribution in [0.5, 0.6) is 0 Å². The van der Waals surface area contributed by atoms with Gasteiger partial charge in [-0.2, -0.15) is 5.10 Å². The van der Waals surface area contributed by atoms with E-state index in [2.05, 4.69) is 10.2 Å². The van der Waals surface area contributed by atoms with Crippen LogP contribution in [0.1, 0.15) is 23.8 Å². The predicted octanol–water partition coefficient (Wildman–Crippen LogP) is -0.730. The van der Waals surface area contributed by atoms with Gasteiger partial charge in [0, 0.05) is 25.7 Å². The molecule has 2 atom stereocenters. The smallest absolute Gasteiger partial charge is 0.272 e. The molecule has 0 spiro atoms. The first kappa shape index (κ1) is 15.0. The fraction of sp³-hybridized carbons (Fsp3) is 0.615. The average Bonchev–Trinajstić information content (AvgIpc) is 3.10. The van der Waals surface area contributed by atoms with E-state index in [0.717, 1.165) is 0 Å². The second kappa shape index (κ2) is 5.38. The normalized spacial score (nSPS) is 26.8. The number of aromatic nitrogens is 2. The van der Waals surface area contributed by atoms with Crippen molar-refractivity contribution in [3.05, 3.63) is 18.0 Å². The average molecular weight is 326 g/mol. The highest BCUT2D eigenvalue weighted by Crippen LogP contribution is 2.28. The van der Waals surface area contributed by atoms with Gasteiger partial charge >= 0.3 is 0 Å². The Kier molecular flexibility index (Phi) is 3.67. The number of nitrogens with zero attached hydrogens (tertiary/aromatic N) is 3. The summed E-state index contributed by atoms with van der Waals surface area (Å²) in [5, 5.41) is 6.36. The van der Waals surface area contributed by atoms with E-state index in [4.69, 9.17) is 0 Å². The number of fused-ring (bicyclic) bond motifs is 1. The zero-order valence-corrected chi connectivity index (χ0v) is 13.0. The van der Waals surface area contributed by atoms with Gasteiger partial charge in [0.2, 0.25) is 5.91 Å². The number of carbonyl (C=O) groups excluding carboxylic acids is 2. The summed E-state index contributed by atoms with van der Waals surface area (Å²) in [7, 11) is -3.25. The monoisotopic (exact) mass is 326 g/mol. The minimum absolute atomic E-state index is 0.0688. The van der Waals surface area contributed by atoms with Crippen LogP contribution in [0.15, 0.2) is 12.3 Å². The molecule has 1 N–H and O–H groups in total. The Morgan fingerprint density at radius 2 is 1.91 bits per heavy atom. The van der Waals surface area contributed by atoms with Crippen LogP contribution in [0, 0.1) is 0 Å². The van der Waals surface area contributed by atoms with Gasteiger partial charge in [-0.1, -0.05) is 6.92 Å². The number of sulfone groups is 1. The fourth-order valence-corrected chi connectivity index (χ4v) is 5.23. The maximum Gasteiger partial charge on any atom is 0.272 e. The Bertz CT molecular complexity index is 685. The maximum atomic E-state index is 12.5. The van der Waals surface area contributed by atoms with E-state index in [1.54, 1.807) is 22.8 Å². The number of nitrogens with one attached hydrogen (secondary N) is 1. The molecule has 0 radical (unpaired) electrons. The number of piperazine rings is 1. The lowest BCUT2D eigenvalue weighted by Gasteiger charge is -2.43. The van der Waals surface area contributed by atoms with Crippen molar-refractivity contribution < 1.29 is 18.0 Å². The summed E-state index contributed by atoms with van der Waals surface area (Å²) < 4.78 is 24.0. The van der Waals surface area contributed by atoms with Crippen molar-refractivity contribution >= 4 is 21.7 Å². The molecular formula is C13H18N4O4S. The molecule has 22 heavy (non-hydrogen) atoms. The molecule has 3 rings (SSSR count). The molecule has 2 amide bonds. The lowest BCUT2D eigenvalue weighted by molar-refractivity contribution is -0.135. The van der Waals surface area contributed by atoms with Gasteiger partial charge in [0.05, 0.1) is 23.6 Å². The highest BCUT2D eigenvalue weighted by atomic mass is 32.2. The third-order valence-electron chi connectivity index (χ3n) is 4.29. The van der Waals surface area contributed by atoms with Crippen LogP contribution in [-0.4, -0.2) is 76.9 Å². The Morgan fingerprint density at radius 3 is 2.50 bits per heavy atom. The summed E-state index contributed by atoms with van der Waals surface area (Å²) in [5.41, 5.74) is 0.332. The number of carbonyl (C=O) groups is 2. The molecule has 3 heterocycles.